The molecule has 4 nitrogen and oxygen atoms in total. The summed E-state index contributed by atoms with van der Waals surface area (Å²) in [7, 11) is 0. The first-order valence-electron chi connectivity index (χ1n) is 14.4. The fourth-order valence-electron chi connectivity index (χ4n) is 4.51. The predicted molar refractivity (Wildman–Crippen MR) is 217 cm³/mol. The average Bonchev–Trinajstić information content (AvgIpc) is 3.07. The van der Waals surface area contributed by atoms with E-state index in [1.165, 1.54) is 7.14 Å². The third-order valence-electron chi connectivity index (χ3n) is 6.96. The molecule has 0 fully saturated rings. The summed E-state index contributed by atoms with van der Waals surface area (Å²) in [5.74, 6) is 5.83. The zero-order chi connectivity index (χ0) is 32.9. The maximum Gasteiger partial charge on any atom is 0.358 e. The molecule has 0 aliphatic rings. The summed E-state index contributed by atoms with van der Waals surface area (Å²) in [4.78, 5) is 0. The molecule has 0 aromatic heterocycles. The molecule has 6 rings (SSSR count). The summed E-state index contributed by atoms with van der Waals surface area (Å²) in [6.45, 7) is 4.23. The second-order valence-electron chi connectivity index (χ2n) is 10.3. The van der Waals surface area contributed by atoms with Crippen LogP contribution in [0.25, 0.3) is 0 Å². The molecule has 0 aliphatic carbocycles. The van der Waals surface area contributed by atoms with Crippen molar-refractivity contribution in [2.24, 2.45) is 0 Å². The lowest BCUT2D eigenvalue weighted by atomic mass is 10.2. The summed E-state index contributed by atoms with van der Waals surface area (Å²) in [6, 6.07) is 40.5. The normalized spacial score (nSPS) is 10.9. The Labute approximate surface area is 339 Å². The van der Waals surface area contributed by atoms with Gasteiger partial charge >= 0.3 is 21.2 Å². The van der Waals surface area contributed by atoms with E-state index in [4.69, 9.17) is 18.9 Å². The first kappa shape index (κ1) is 35.0. The monoisotopic (exact) mass is 1180 g/mol. The highest BCUT2D eigenvalue weighted by Gasteiger charge is 2.29. The van der Waals surface area contributed by atoms with Gasteiger partial charge in [0.05, 0.1) is 0 Å². The molecule has 0 saturated carbocycles. The molecule has 0 heterocycles. The number of halogens is 5. The summed E-state index contributed by atoms with van der Waals surface area (Å²) in [5.41, 5.74) is 2.11. The molecule has 6 aromatic carbocycles. The highest BCUT2D eigenvalue weighted by molar-refractivity contribution is 14.1. The van der Waals surface area contributed by atoms with E-state index in [0.29, 0.717) is 23.0 Å². The number of hydrogen-bond donors (Lipinski definition) is 0. The minimum absolute atomic E-state index is 0.642. The highest BCUT2D eigenvalue weighted by Crippen LogP contribution is 2.39. The lowest BCUT2D eigenvalue weighted by Gasteiger charge is -2.16. The third kappa shape index (κ3) is 9.25. The summed E-state index contributed by atoms with van der Waals surface area (Å²) in [5, 5.41) is 0. The van der Waals surface area contributed by atoms with E-state index in [2.05, 4.69) is 116 Å². The fourth-order valence-corrected chi connectivity index (χ4v) is 8.60. The van der Waals surface area contributed by atoms with Gasteiger partial charge in [-0.15, -0.1) is 0 Å². The van der Waals surface area contributed by atoms with Crippen molar-refractivity contribution >= 4 is 90.4 Å². The topological polar surface area (TPSA) is 36.9 Å². The first-order chi connectivity index (χ1) is 22.7. The predicted octanol–water partition coefficient (Wildman–Crippen LogP) is 10.0. The Hall–Kier alpha value is -1.83. The van der Waals surface area contributed by atoms with Gasteiger partial charge in [0.2, 0.25) is 7.14 Å². The van der Waals surface area contributed by atoms with Gasteiger partial charge in [0.25, 0.3) is 0 Å². The zero-order valence-corrected chi connectivity index (χ0v) is 35.9. The summed E-state index contributed by atoms with van der Waals surface area (Å²) in [6.07, 6.45) is 0. The van der Waals surface area contributed by atoms with Crippen molar-refractivity contribution in [3.05, 3.63) is 154 Å². The molecule has 236 valence electrons. The molecule has 0 atom stereocenters. The number of rotatable bonds is 10. The molecule has 0 radical (unpaired) electrons. The minimum Gasteiger partial charge on any atom is -0.453 e. The summed E-state index contributed by atoms with van der Waals surface area (Å²) < 4.78 is 32.9. The molecule has 0 N–H and O–H groups in total. The molecule has 0 unspecified atom stereocenters. The van der Waals surface area contributed by atoms with Gasteiger partial charge in [0.1, 0.15) is 23.0 Å². The Morgan fingerprint density at radius 2 is 0.638 bits per heavy atom. The minimum atomic E-state index is -0.642. The van der Waals surface area contributed by atoms with Gasteiger partial charge in [-0.2, -0.15) is 0 Å². The van der Waals surface area contributed by atoms with E-state index in [0.717, 1.165) is 48.4 Å². The van der Waals surface area contributed by atoms with Crippen LogP contribution in [0.3, 0.4) is 0 Å². The molecule has 6 aromatic rings. The SMILES string of the molecule is Cc1c([I+]c2ccc(Oc3ccc(I)cc3)c(Oc3ccc(I)cc3)c2C)ccc(Oc2ccc(I)cc2)c1Oc1ccc(I)cc1. The van der Waals surface area contributed by atoms with Gasteiger partial charge in [-0.3, -0.25) is 0 Å². The second kappa shape index (κ2) is 16.3. The van der Waals surface area contributed by atoms with Crippen molar-refractivity contribution in [3.63, 3.8) is 0 Å². The van der Waals surface area contributed by atoms with Crippen molar-refractivity contribution < 1.29 is 40.2 Å². The number of ether oxygens (including phenoxy) is 4. The Bertz CT molecular complexity index is 1850. The molecule has 0 spiro atoms. The highest BCUT2D eigenvalue weighted by atomic mass is 127. The van der Waals surface area contributed by atoms with Crippen LogP contribution in [-0.4, -0.2) is 0 Å². The molecule has 0 saturated heterocycles. The van der Waals surface area contributed by atoms with E-state index in [9.17, 15) is 0 Å². The van der Waals surface area contributed by atoms with Crippen LogP contribution in [0.15, 0.2) is 121 Å². The molecule has 47 heavy (non-hydrogen) atoms. The zero-order valence-electron chi connectivity index (χ0n) is 25.1. The largest absolute Gasteiger partial charge is 0.453 e. The Morgan fingerprint density at radius 3 is 0.936 bits per heavy atom. The van der Waals surface area contributed by atoms with Crippen LogP contribution in [0.2, 0.25) is 0 Å². The van der Waals surface area contributed by atoms with E-state index in [-0.39, 0.29) is 0 Å². The van der Waals surface area contributed by atoms with Gasteiger partial charge in [0, 0.05) is 25.4 Å². The Balaban J connectivity index is 1.37. The van der Waals surface area contributed by atoms with Crippen LogP contribution >= 0.6 is 90.4 Å². The van der Waals surface area contributed by atoms with Gasteiger partial charge in [-0.25, -0.2) is 0 Å². The average molecular weight is 1180 g/mol. The second-order valence-corrected chi connectivity index (χ2v) is 18.2. The van der Waals surface area contributed by atoms with Crippen LogP contribution in [0.5, 0.6) is 46.0 Å². The number of benzene rings is 6. The molecule has 9 heteroatoms. The van der Waals surface area contributed by atoms with Crippen LogP contribution in [0.1, 0.15) is 11.1 Å². The third-order valence-corrected chi connectivity index (χ3v) is 13.3. The van der Waals surface area contributed by atoms with Crippen LogP contribution in [-0.2, 0) is 0 Å². The van der Waals surface area contributed by atoms with Crippen molar-refractivity contribution in [3.8, 4) is 46.0 Å². The lowest BCUT2D eigenvalue weighted by Crippen LogP contribution is -3.62. The quantitative estimate of drug-likeness (QED) is 0.128. The van der Waals surface area contributed by atoms with E-state index in [1.807, 2.05) is 109 Å². The van der Waals surface area contributed by atoms with Gasteiger partial charge < -0.3 is 18.9 Å². The molecular formula is C38H26I5O4+. The van der Waals surface area contributed by atoms with E-state index >= 15 is 0 Å². The van der Waals surface area contributed by atoms with Gasteiger partial charge in [0.15, 0.2) is 23.0 Å². The summed E-state index contributed by atoms with van der Waals surface area (Å²) >= 11 is 8.56. The Morgan fingerprint density at radius 1 is 0.362 bits per heavy atom. The Kier molecular flexibility index (Phi) is 12.1. The van der Waals surface area contributed by atoms with E-state index < -0.39 is 21.2 Å². The van der Waals surface area contributed by atoms with Crippen molar-refractivity contribution in [2.45, 2.75) is 13.8 Å². The smallest absolute Gasteiger partial charge is 0.358 e. The molecule has 0 amide bonds. The maximum atomic E-state index is 6.55. The maximum absolute atomic E-state index is 6.55. The molecule has 0 bridgehead atoms. The van der Waals surface area contributed by atoms with Crippen LogP contribution in [0, 0.1) is 35.3 Å². The standard InChI is InChI=1S/C38H26I5O4/c1-23-33(19-21-35(44-29-11-3-25(39)4-12-29)37(23)46-31-15-7-27(41)8-16-31)43-34-20-22-36(45-30-13-5-26(40)6-14-30)38(24(34)2)47-32-17-9-28(42)10-18-32/h3-22H,1-2H3/q+1. The van der Waals surface area contributed by atoms with Crippen molar-refractivity contribution in [1.82, 2.24) is 0 Å². The van der Waals surface area contributed by atoms with Gasteiger partial charge in [-0.1, -0.05) is 0 Å². The van der Waals surface area contributed by atoms with Crippen LogP contribution in [0.4, 0.5) is 0 Å². The molecular weight excluding hydrogens is 1150 g/mol. The first-order valence-corrected chi connectivity index (χ1v) is 20.8. The van der Waals surface area contributed by atoms with Crippen molar-refractivity contribution in [2.75, 3.05) is 0 Å². The van der Waals surface area contributed by atoms with Crippen molar-refractivity contribution in [1.29, 1.82) is 0 Å². The molecule has 0 aliphatic heterocycles. The van der Waals surface area contributed by atoms with E-state index in [1.54, 1.807) is 0 Å². The fraction of sp³-hybridized carbons (Fsp3) is 0.0526. The lowest BCUT2D eigenvalue weighted by molar-refractivity contribution is -0.598. The van der Waals surface area contributed by atoms with Crippen LogP contribution < -0.4 is 40.2 Å². The van der Waals surface area contributed by atoms with Gasteiger partial charge in [-0.05, 0) is 226 Å². The number of hydrogen-bond acceptors (Lipinski definition) is 4.